The first-order valence-electron chi connectivity index (χ1n) is 9.62. The molecule has 0 aliphatic carbocycles. The zero-order valence-corrected chi connectivity index (χ0v) is 19.0. The van der Waals surface area contributed by atoms with E-state index in [0.29, 0.717) is 27.2 Å². The highest BCUT2D eigenvalue weighted by Gasteiger charge is 2.11. The summed E-state index contributed by atoms with van der Waals surface area (Å²) in [4.78, 5) is 22.7. The Morgan fingerprint density at radius 1 is 1.15 bits per heavy atom. The molecule has 0 fully saturated rings. The summed E-state index contributed by atoms with van der Waals surface area (Å²) in [5.41, 5.74) is 1.90. The summed E-state index contributed by atoms with van der Waals surface area (Å²) in [7, 11) is 1.55. The van der Waals surface area contributed by atoms with Crippen molar-refractivity contribution in [3.05, 3.63) is 98.0 Å². The monoisotopic (exact) mass is 507 g/mol. The summed E-state index contributed by atoms with van der Waals surface area (Å²) in [6.07, 6.45) is 1.48. The molecule has 0 aliphatic heterocycles. The number of nitrogens with one attached hydrogen (secondary N) is 1. The number of rotatable bonds is 8. The molecule has 0 atom stereocenters. The number of halogens is 1. The van der Waals surface area contributed by atoms with Gasteiger partial charge in [-0.3, -0.25) is 14.9 Å². The second-order valence-corrected chi connectivity index (χ2v) is 7.61. The lowest BCUT2D eigenvalue weighted by atomic mass is 10.1. The maximum Gasteiger partial charge on any atom is 0.269 e. The van der Waals surface area contributed by atoms with E-state index in [0.717, 1.165) is 5.56 Å². The fourth-order valence-electron chi connectivity index (χ4n) is 2.79. The van der Waals surface area contributed by atoms with Gasteiger partial charge in [0.2, 0.25) is 0 Å². The third-order valence-corrected chi connectivity index (χ3v) is 5.14. The van der Waals surface area contributed by atoms with Crippen molar-refractivity contribution in [1.82, 2.24) is 0 Å². The van der Waals surface area contributed by atoms with E-state index in [1.54, 1.807) is 61.7 Å². The third kappa shape index (κ3) is 6.41. The molecule has 0 unspecified atom stereocenters. The number of ether oxygens (including phenoxy) is 2. The molecule has 166 valence electrons. The molecule has 0 heterocycles. The van der Waals surface area contributed by atoms with Crippen LogP contribution in [-0.2, 0) is 11.4 Å². The van der Waals surface area contributed by atoms with Crippen molar-refractivity contribution < 1.29 is 19.2 Å². The van der Waals surface area contributed by atoms with Crippen LogP contribution in [0.25, 0.3) is 6.08 Å². The first-order chi connectivity index (χ1) is 15.9. The van der Waals surface area contributed by atoms with Crippen LogP contribution in [0.2, 0.25) is 0 Å². The van der Waals surface area contributed by atoms with Crippen LogP contribution < -0.4 is 14.8 Å². The van der Waals surface area contributed by atoms with Crippen LogP contribution in [0.15, 0.2) is 76.8 Å². The number of carbonyl (C=O) groups excluding carboxylic acids is 1. The molecule has 0 radical (unpaired) electrons. The lowest BCUT2D eigenvalue weighted by Gasteiger charge is -2.09. The van der Waals surface area contributed by atoms with E-state index >= 15 is 0 Å². The van der Waals surface area contributed by atoms with Crippen molar-refractivity contribution in [2.75, 3.05) is 12.4 Å². The van der Waals surface area contributed by atoms with E-state index in [2.05, 4.69) is 21.2 Å². The van der Waals surface area contributed by atoms with Crippen LogP contribution in [0.4, 0.5) is 11.4 Å². The van der Waals surface area contributed by atoms with E-state index in [1.165, 1.54) is 18.2 Å². The average Bonchev–Trinajstić information content (AvgIpc) is 2.82. The van der Waals surface area contributed by atoms with Gasteiger partial charge in [0.1, 0.15) is 29.7 Å². The standard InChI is InChI=1S/C24H18BrN3O5/c1-32-21-9-5-19(6-10-21)27-24(29)18(14-26)12-17-4-11-23(22(25)13-17)33-15-16-2-7-20(8-3-16)28(30)31/h2-13H,15H2,1H3,(H,27,29)/b18-12-. The minimum Gasteiger partial charge on any atom is -0.497 e. The molecule has 8 nitrogen and oxygen atoms in total. The van der Waals surface area contributed by atoms with Gasteiger partial charge in [0.15, 0.2) is 0 Å². The van der Waals surface area contributed by atoms with Crippen LogP contribution in [-0.4, -0.2) is 17.9 Å². The average molecular weight is 508 g/mol. The molecule has 33 heavy (non-hydrogen) atoms. The summed E-state index contributed by atoms with van der Waals surface area (Å²) >= 11 is 3.43. The number of methoxy groups -OCH3 is 1. The second-order valence-electron chi connectivity index (χ2n) is 6.75. The lowest BCUT2D eigenvalue weighted by Crippen LogP contribution is -2.13. The van der Waals surface area contributed by atoms with Gasteiger partial charge in [-0.15, -0.1) is 0 Å². The number of nitrogens with zero attached hydrogens (tertiary/aromatic N) is 2. The molecule has 9 heteroatoms. The van der Waals surface area contributed by atoms with Gasteiger partial charge in [0.05, 0.1) is 16.5 Å². The molecular weight excluding hydrogens is 490 g/mol. The highest BCUT2D eigenvalue weighted by atomic mass is 79.9. The largest absolute Gasteiger partial charge is 0.497 e. The quantitative estimate of drug-likeness (QED) is 0.186. The number of carbonyl (C=O) groups is 1. The summed E-state index contributed by atoms with van der Waals surface area (Å²) in [6, 6.07) is 19.9. The Labute approximate surface area is 198 Å². The number of benzene rings is 3. The smallest absolute Gasteiger partial charge is 0.269 e. The van der Waals surface area contributed by atoms with Crippen LogP contribution in [0, 0.1) is 21.4 Å². The molecule has 0 bridgehead atoms. The van der Waals surface area contributed by atoms with Gasteiger partial charge in [-0.1, -0.05) is 6.07 Å². The van der Waals surface area contributed by atoms with E-state index in [4.69, 9.17) is 9.47 Å². The summed E-state index contributed by atoms with van der Waals surface area (Å²) in [6.45, 7) is 0.222. The Bertz CT molecular complexity index is 1230. The van der Waals surface area contributed by atoms with Gasteiger partial charge < -0.3 is 14.8 Å². The second kappa shape index (κ2) is 10.9. The highest BCUT2D eigenvalue weighted by Crippen LogP contribution is 2.28. The van der Waals surface area contributed by atoms with Gasteiger partial charge in [-0.05, 0) is 81.7 Å². The minimum atomic E-state index is -0.530. The Kier molecular flexibility index (Phi) is 7.78. The zero-order valence-electron chi connectivity index (χ0n) is 17.4. The Hall–Kier alpha value is -4.16. The minimum absolute atomic E-state index is 0.0143. The van der Waals surface area contributed by atoms with Crippen molar-refractivity contribution in [1.29, 1.82) is 5.26 Å². The molecule has 0 saturated heterocycles. The summed E-state index contributed by atoms with van der Waals surface area (Å²) in [5, 5.41) is 22.8. The molecule has 3 aromatic carbocycles. The third-order valence-electron chi connectivity index (χ3n) is 4.52. The van der Waals surface area contributed by atoms with Gasteiger partial charge in [0, 0.05) is 17.8 Å². The molecular formula is C24H18BrN3O5. The number of anilines is 1. The summed E-state index contributed by atoms with van der Waals surface area (Å²) in [5.74, 6) is 0.675. The van der Waals surface area contributed by atoms with Crippen molar-refractivity contribution in [3.63, 3.8) is 0 Å². The molecule has 0 aromatic heterocycles. The Morgan fingerprint density at radius 3 is 2.42 bits per heavy atom. The number of nitro benzene ring substituents is 1. The number of nitro groups is 1. The van der Waals surface area contributed by atoms with Crippen molar-refractivity contribution >= 4 is 39.3 Å². The molecule has 1 N–H and O–H groups in total. The Balaban J connectivity index is 1.67. The molecule has 0 saturated carbocycles. The fourth-order valence-corrected chi connectivity index (χ4v) is 3.30. The van der Waals surface area contributed by atoms with Gasteiger partial charge in [0.25, 0.3) is 11.6 Å². The van der Waals surface area contributed by atoms with Crippen LogP contribution in [0.1, 0.15) is 11.1 Å². The normalized spacial score (nSPS) is 10.8. The predicted octanol–water partition coefficient (Wildman–Crippen LogP) is 5.49. The van der Waals surface area contributed by atoms with Gasteiger partial charge >= 0.3 is 0 Å². The number of hydrogen-bond donors (Lipinski definition) is 1. The first-order valence-corrected chi connectivity index (χ1v) is 10.4. The molecule has 1 amide bonds. The number of non-ortho nitro benzene ring substituents is 1. The van der Waals surface area contributed by atoms with Crippen LogP contribution >= 0.6 is 15.9 Å². The Morgan fingerprint density at radius 2 is 1.85 bits per heavy atom. The van der Waals surface area contributed by atoms with Crippen molar-refractivity contribution in [2.24, 2.45) is 0 Å². The number of nitriles is 1. The maximum absolute atomic E-state index is 12.5. The van der Waals surface area contributed by atoms with Crippen LogP contribution in [0.5, 0.6) is 11.5 Å². The predicted molar refractivity (Wildman–Crippen MR) is 127 cm³/mol. The fraction of sp³-hybridized carbons (Fsp3) is 0.0833. The van der Waals surface area contributed by atoms with E-state index < -0.39 is 10.8 Å². The van der Waals surface area contributed by atoms with E-state index in [-0.39, 0.29) is 17.9 Å². The molecule has 3 rings (SSSR count). The molecule has 0 spiro atoms. The van der Waals surface area contributed by atoms with Crippen molar-refractivity contribution in [2.45, 2.75) is 6.61 Å². The van der Waals surface area contributed by atoms with Crippen LogP contribution in [0.3, 0.4) is 0 Å². The number of hydrogen-bond acceptors (Lipinski definition) is 6. The van der Waals surface area contributed by atoms with Gasteiger partial charge in [-0.2, -0.15) is 5.26 Å². The van der Waals surface area contributed by atoms with E-state index in [1.807, 2.05) is 6.07 Å². The zero-order chi connectivity index (χ0) is 23.8. The van der Waals surface area contributed by atoms with Crippen molar-refractivity contribution in [3.8, 4) is 17.6 Å². The summed E-state index contributed by atoms with van der Waals surface area (Å²) < 4.78 is 11.5. The first kappa shape index (κ1) is 23.5. The highest BCUT2D eigenvalue weighted by molar-refractivity contribution is 9.10. The maximum atomic E-state index is 12.5. The molecule has 3 aromatic rings. The SMILES string of the molecule is COc1ccc(NC(=O)/C(C#N)=C\c2ccc(OCc3ccc([N+](=O)[O-])cc3)c(Br)c2)cc1. The lowest BCUT2D eigenvalue weighted by molar-refractivity contribution is -0.384. The number of amides is 1. The van der Waals surface area contributed by atoms with E-state index in [9.17, 15) is 20.2 Å². The topological polar surface area (TPSA) is 114 Å². The van der Waals surface area contributed by atoms with Gasteiger partial charge in [-0.25, -0.2) is 0 Å². The molecule has 0 aliphatic rings.